The lowest BCUT2D eigenvalue weighted by Gasteiger charge is -1.94. The van der Waals surface area contributed by atoms with E-state index in [1.807, 2.05) is 0 Å². The van der Waals surface area contributed by atoms with Crippen LogP contribution in [0.25, 0.3) is 0 Å². The van der Waals surface area contributed by atoms with E-state index in [0.717, 1.165) is 0 Å². The molecule has 0 aliphatic heterocycles. The van der Waals surface area contributed by atoms with Crippen molar-refractivity contribution in [1.82, 2.24) is 0 Å². The molecule has 0 aromatic heterocycles. The van der Waals surface area contributed by atoms with Crippen LogP contribution in [-0.2, 0) is 4.79 Å². The Morgan fingerprint density at radius 2 is 2.50 bits per heavy atom. The average Bonchev–Trinajstić information content (AvgIpc) is 1.84. The molecule has 1 atom stereocenters. The molecule has 0 aliphatic carbocycles. The standard InChI is InChI=1S/C5H10O2Si/c1-3-5(6)8(7)4-2/h4,7-8H,2-3H2,1H3. The van der Waals surface area contributed by atoms with Gasteiger partial charge in [-0.25, -0.2) is 0 Å². The van der Waals surface area contributed by atoms with Gasteiger partial charge in [-0.05, 0) is 0 Å². The maximum absolute atomic E-state index is 10.5. The van der Waals surface area contributed by atoms with Crippen molar-refractivity contribution in [3.8, 4) is 0 Å². The highest BCUT2D eigenvalue weighted by Crippen LogP contribution is 1.85. The Hall–Kier alpha value is -0.413. The van der Waals surface area contributed by atoms with Gasteiger partial charge in [0.15, 0.2) is 0 Å². The van der Waals surface area contributed by atoms with Gasteiger partial charge >= 0.3 is 0 Å². The molecule has 0 saturated heterocycles. The highest BCUT2D eigenvalue weighted by molar-refractivity contribution is 6.88. The summed E-state index contributed by atoms with van der Waals surface area (Å²) in [5.41, 5.74) is 1.37. The summed E-state index contributed by atoms with van der Waals surface area (Å²) in [4.78, 5) is 19.3. The zero-order valence-corrected chi connectivity index (χ0v) is 6.08. The molecule has 0 aromatic rings. The first-order chi connectivity index (χ1) is 3.72. The molecule has 3 heteroatoms. The van der Waals surface area contributed by atoms with Crippen LogP contribution >= 0.6 is 0 Å². The Balaban J connectivity index is 3.62. The number of hydrogen-bond acceptors (Lipinski definition) is 2. The second-order valence-corrected chi connectivity index (χ2v) is 3.51. The molecule has 0 bridgehead atoms. The Labute approximate surface area is 50.6 Å². The lowest BCUT2D eigenvalue weighted by molar-refractivity contribution is -0.112. The number of hydrogen-bond donors (Lipinski definition) is 1. The largest absolute Gasteiger partial charge is 0.425 e. The van der Waals surface area contributed by atoms with E-state index in [-0.39, 0.29) is 5.41 Å². The Morgan fingerprint density at radius 3 is 2.62 bits per heavy atom. The van der Waals surface area contributed by atoms with E-state index in [9.17, 15) is 4.79 Å². The van der Waals surface area contributed by atoms with Crippen LogP contribution in [0.3, 0.4) is 0 Å². The third kappa shape index (κ3) is 2.04. The third-order valence-corrected chi connectivity index (χ3v) is 2.42. The van der Waals surface area contributed by atoms with E-state index in [1.54, 1.807) is 6.92 Å². The van der Waals surface area contributed by atoms with Gasteiger partial charge in [-0.3, -0.25) is 0 Å². The van der Waals surface area contributed by atoms with Gasteiger partial charge in [0.25, 0.3) is 9.04 Å². The normalized spacial score (nSPS) is 12.8. The maximum Gasteiger partial charge on any atom is 0.269 e. The molecule has 1 unspecified atom stereocenters. The molecule has 0 aliphatic rings. The molecule has 0 rings (SSSR count). The Kier molecular flexibility index (Phi) is 3.39. The number of rotatable bonds is 3. The minimum absolute atomic E-state index is 0.0417. The Bertz CT molecular complexity index is 101. The van der Waals surface area contributed by atoms with E-state index < -0.39 is 9.04 Å². The van der Waals surface area contributed by atoms with Gasteiger partial charge < -0.3 is 9.59 Å². The molecule has 0 fully saturated rings. The second kappa shape index (κ2) is 3.57. The molecule has 0 saturated carbocycles. The number of carbonyl (C=O) groups is 1. The molecule has 0 radical (unpaired) electrons. The molecule has 0 amide bonds. The first-order valence-corrected chi connectivity index (χ1v) is 4.31. The summed E-state index contributed by atoms with van der Waals surface area (Å²) in [5, 5.41) is -0.0417. The van der Waals surface area contributed by atoms with E-state index in [2.05, 4.69) is 6.58 Å². The van der Waals surface area contributed by atoms with Gasteiger partial charge in [0.1, 0.15) is 5.41 Å². The van der Waals surface area contributed by atoms with Crippen molar-refractivity contribution in [1.29, 1.82) is 0 Å². The lowest BCUT2D eigenvalue weighted by atomic mass is 10.6. The fourth-order valence-corrected chi connectivity index (χ4v) is 1.02. The van der Waals surface area contributed by atoms with Crippen LogP contribution in [0, 0.1) is 0 Å². The van der Waals surface area contributed by atoms with E-state index in [0.29, 0.717) is 6.42 Å². The molecular formula is C5H10O2Si. The van der Waals surface area contributed by atoms with Gasteiger partial charge in [-0.2, -0.15) is 0 Å². The van der Waals surface area contributed by atoms with Gasteiger partial charge in [0, 0.05) is 6.42 Å². The van der Waals surface area contributed by atoms with Crippen molar-refractivity contribution in [3.63, 3.8) is 0 Å². The van der Waals surface area contributed by atoms with Gasteiger partial charge in [-0.15, -0.1) is 6.58 Å². The summed E-state index contributed by atoms with van der Waals surface area (Å²) in [5.74, 6) is 0. The molecule has 0 aromatic carbocycles. The summed E-state index contributed by atoms with van der Waals surface area (Å²) in [6, 6.07) is 0. The minimum atomic E-state index is -2.15. The van der Waals surface area contributed by atoms with Crippen LogP contribution < -0.4 is 0 Å². The smallest absolute Gasteiger partial charge is 0.269 e. The summed E-state index contributed by atoms with van der Waals surface area (Å²) in [7, 11) is -2.15. The molecule has 2 nitrogen and oxygen atoms in total. The second-order valence-electron chi connectivity index (χ2n) is 1.50. The molecule has 8 heavy (non-hydrogen) atoms. The van der Waals surface area contributed by atoms with E-state index >= 15 is 0 Å². The van der Waals surface area contributed by atoms with Gasteiger partial charge in [0.2, 0.25) is 0 Å². The van der Waals surface area contributed by atoms with Crippen molar-refractivity contribution in [2.75, 3.05) is 0 Å². The summed E-state index contributed by atoms with van der Waals surface area (Å²) >= 11 is 0. The maximum atomic E-state index is 10.5. The lowest BCUT2D eigenvalue weighted by Crippen LogP contribution is -2.21. The molecule has 1 N–H and O–H groups in total. The summed E-state index contributed by atoms with van der Waals surface area (Å²) < 4.78 is 0. The zero-order valence-electron chi connectivity index (χ0n) is 4.92. The highest BCUT2D eigenvalue weighted by atomic mass is 28.3. The molecular weight excluding hydrogens is 120 g/mol. The first-order valence-electron chi connectivity index (χ1n) is 2.55. The minimum Gasteiger partial charge on any atom is -0.425 e. The van der Waals surface area contributed by atoms with Crippen LogP contribution in [0.2, 0.25) is 0 Å². The molecule has 0 heterocycles. The summed E-state index contributed by atoms with van der Waals surface area (Å²) in [6.45, 7) is 5.06. The predicted octanol–water partition coefficient (Wildman–Crippen LogP) is -0.0540. The summed E-state index contributed by atoms with van der Waals surface area (Å²) in [6.07, 6.45) is 0.430. The van der Waals surface area contributed by atoms with E-state index in [4.69, 9.17) is 4.80 Å². The molecule has 46 valence electrons. The Morgan fingerprint density at radius 1 is 2.00 bits per heavy atom. The van der Waals surface area contributed by atoms with Gasteiger partial charge in [0.05, 0.1) is 0 Å². The SMILES string of the molecule is C=C[SiH](O)C(=O)CC. The topological polar surface area (TPSA) is 37.3 Å². The fraction of sp³-hybridized carbons (Fsp3) is 0.400. The molecule has 0 spiro atoms. The van der Waals surface area contributed by atoms with Crippen LogP contribution in [0.5, 0.6) is 0 Å². The third-order valence-electron chi connectivity index (χ3n) is 0.902. The highest BCUT2D eigenvalue weighted by Gasteiger charge is 2.09. The van der Waals surface area contributed by atoms with Crippen LogP contribution in [-0.4, -0.2) is 19.2 Å². The van der Waals surface area contributed by atoms with Crippen molar-refractivity contribution < 1.29 is 9.59 Å². The van der Waals surface area contributed by atoms with Crippen LogP contribution in [0.1, 0.15) is 13.3 Å². The van der Waals surface area contributed by atoms with Crippen LogP contribution in [0.4, 0.5) is 0 Å². The van der Waals surface area contributed by atoms with Crippen molar-refractivity contribution in [3.05, 3.63) is 12.3 Å². The zero-order chi connectivity index (χ0) is 6.57. The first kappa shape index (κ1) is 7.59. The quantitative estimate of drug-likeness (QED) is 0.544. The fourth-order valence-electron chi connectivity index (χ4n) is 0.341. The van der Waals surface area contributed by atoms with Crippen molar-refractivity contribution in [2.45, 2.75) is 13.3 Å². The van der Waals surface area contributed by atoms with Crippen LogP contribution in [0.15, 0.2) is 12.3 Å². The average molecular weight is 130 g/mol. The monoisotopic (exact) mass is 130 g/mol. The number of carbonyl (C=O) groups excluding carboxylic acids is 1. The van der Waals surface area contributed by atoms with Crippen molar-refractivity contribution >= 4 is 14.4 Å². The van der Waals surface area contributed by atoms with Crippen molar-refractivity contribution in [2.24, 2.45) is 0 Å². The van der Waals surface area contributed by atoms with Gasteiger partial charge in [-0.1, -0.05) is 12.6 Å². The van der Waals surface area contributed by atoms with E-state index in [1.165, 1.54) is 5.70 Å². The predicted molar refractivity (Wildman–Crippen MR) is 34.9 cm³/mol.